The van der Waals surface area contributed by atoms with Gasteiger partial charge in [-0.25, -0.2) is 0 Å². The summed E-state index contributed by atoms with van der Waals surface area (Å²) in [6, 6.07) is 13.3. The summed E-state index contributed by atoms with van der Waals surface area (Å²) in [6.07, 6.45) is 18.9. The van der Waals surface area contributed by atoms with E-state index in [9.17, 15) is 0 Å². The topological polar surface area (TPSA) is 89.3 Å². The van der Waals surface area contributed by atoms with Gasteiger partial charge in [0, 0.05) is 6.07 Å². The van der Waals surface area contributed by atoms with Crippen molar-refractivity contribution in [3.63, 3.8) is 0 Å². The number of azo groups is 1. The van der Waals surface area contributed by atoms with Crippen LogP contribution in [0, 0.1) is 0 Å². The van der Waals surface area contributed by atoms with Crippen LogP contribution in [0.3, 0.4) is 0 Å². The highest BCUT2D eigenvalue weighted by atomic mass is 16.6. The number of benzene rings is 2. The van der Waals surface area contributed by atoms with Crippen LogP contribution in [0.1, 0.15) is 89.9 Å². The van der Waals surface area contributed by atoms with Crippen molar-refractivity contribution in [2.75, 3.05) is 100 Å². The van der Waals surface area contributed by atoms with Gasteiger partial charge in [0.15, 0.2) is 11.5 Å². The lowest BCUT2D eigenvalue weighted by Gasteiger charge is -2.23. The molecule has 1 aliphatic rings. The lowest BCUT2D eigenvalue weighted by Crippen LogP contribution is -2.35. The van der Waals surface area contributed by atoms with E-state index in [4.69, 9.17) is 33.2 Å². The fourth-order valence-electron chi connectivity index (χ4n) is 5.70. The summed E-state index contributed by atoms with van der Waals surface area (Å²) in [5, 5.41) is 8.85. The van der Waals surface area contributed by atoms with Crippen LogP contribution >= 0.6 is 0 Å². The number of nitrogens with zero attached hydrogens (tertiary/aromatic N) is 3. The number of rotatable bonds is 20. The van der Waals surface area contributed by atoms with Crippen LogP contribution in [0.5, 0.6) is 17.2 Å². The van der Waals surface area contributed by atoms with Crippen LogP contribution in [0.15, 0.2) is 52.7 Å². The average molecular weight is 715 g/mol. The summed E-state index contributed by atoms with van der Waals surface area (Å²) < 4.78 is 41.2. The van der Waals surface area contributed by atoms with Crippen LogP contribution in [0.25, 0.3) is 0 Å². The summed E-state index contributed by atoms with van der Waals surface area (Å²) in [5.41, 5.74) is 1.41. The van der Waals surface area contributed by atoms with Crippen LogP contribution in [-0.2, 0) is 18.9 Å². The predicted molar refractivity (Wildman–Crippen MR) is 204 cm³/mol. The lowest BCUT2D eigenvalue weighted by molar-refractivity contribution is -0.870. The van der Waals surface area contributed by atoms with Gasteiger partial charge in [0.25, 0.3) is 0 Å². The number of unbranched alkanes of at least 4 members (excludes halogenated alkanes) is 13. The van der Waals surface area contributed by atoms with Gasteiger partial charge in [0.05, 0.1) is 98.5 Å². The lowest BCUT2D eigenvalue weighted by atomic mass is 10.0. The Labute approximate surface area is 308 Å². The molecule has 0 N–H and O–H groups in total. The third kappa shape index (κ3) is 22.7. The summed E-state index contributed by atoms with van der Waals surface area (Å²) >= 11 is 0. The Balaban J connectivity index is 1.25. The van der Waals surface area contributed by atoms with Crippen molar-refractivity contribution >= 4 is 11.4 Å². The predicted octanol–water partition coefficient (Wildman–Crippen LogP) is 9.49. The minimum atomic E-state index is 0.371. The summed E-state index contributed by atoms with van der Waals surface area (Å²) in [5.74, 6) is 2.06. The largest absolute Gasteiger partial charge is 0.494 e. The summed E-state index contributed by atoms with van der Waals surface area (Å²) in [6.45, 7) is 6.77. The molecule has 0 unspecified atom stereocenters. The Morgan fingerprint density at radius 2 is 0.882 bits per heavy atom. The molecule has 0 aromatic heterocycles. The Morgan fingerprint density at radius 3 is 1.39 bits per heavy atom. The molecule has 2 aromatic rings. The van der Waals surface area contributed by atoms with Crippen molar-refractivity contribution in [1.29, 1.82) is 0 Å². The first-order valence-electron chi connectivity index (χ1n) is 19.7. The number of hydrogen-bond donors (Lipinski definition) is 0. The van der Waals surface area contributed by atoms with Crippen LogP contribution in [0.2, 0.25) is 0 Å². The maximum absolute atomic E-state index is 5.98. The fourth-order valence-corrected chi connectivity index (χ4v) is 5.70. The summed E-state index contributed by atoms with van der Waals surface area (Å²) in [4.78, 5) is 0. The Bertz CT molecular complexity index is 1160. The van der Waals surface area contributed by atoms with Gasteiger partial charge in [-0.05, 0) is 55.7 Å². The molecule has 10 nitrogen and oxygen atoms in total. The Hall–Kier alpha value is -2.76. The monoisotopic (exact) mass is 715 g/mol. The molecular formula is C41H68N3O7+. The van der Waals surface area contributed by atoms with Crippen LogP contribution < -0.4 is 14.2 Å². The second-order valence-corrected chi connectivity index (χ2v) is 14.3. The zero-order chi connectivity index (χ0) is 36.1. The quantitative estimate of drug-likeness (QED) is 0.0767. The normalized spacial score (nSPS) is 15.7. The molecule has 0 saturated carbocycles. The molecule has 0 fully saturated rings. The van der Waals surface area contributed by atoms with E-state index in [-0.39, 0.29) is 0 Å². The van der Waals surface area contributed by atoms with Gasteiger partial charge in [0.1, 0.15) is 19.0 Å². The first-order valence-corrected chi connectivity index (χ1v) is 19.7. The molecular weight excluding hydrogens is 646 g/mol. The highest BCUT2D eigenvalue weighted by Crippen LogP contribution is 2.33. The van der Waals surface area contributed by atoms with E-state index >= 15 is 0 Å². The number of quaternary nitrogens is 1. The van der Waals surface area contributed by atoms with Gasteiger partial charge in [-0.2, -0.15) is 10.2 Å². The molecule has 0 spiro atoms. The zero-order valence-electron chi connectivity index (χ0n) is 32.1. The fraction of sp³-hybridized carbons (Fsp3) is 0.707. The number of ether oxygens (including phenoxy) is 7. The standard InChI is InChI=1S/C41H68N3O7/c1-44(2,3)24-16-14-12-10-8-6-4-5-7-9-11-13-15-17-25-49-39-21-18-37(19-22-39)42-43-38-20-23-40-41(36-38)51-35-33-48-31-29-46-27-26-45-28-30-47-32-34-50-40/h18-23,36H,4-17,24-35H2,1-3H3/q+1. The highest BCUT2D eigenvalue weighted by Gasteiger charge is 2.09. The molecule has 0 bridgehead atoms. The number of hydrogen-bond acceptors (Lipinski definition) is 9. The minimum absolute atomic E-state index is 0.371. The Morgan fingerprint density at radius 1 is 0.471 bits per heavy atom. The van der Waals surface area contributed by atoms with Gasteiger partial charge >= 0.3 is 0 Å². The van der Waals surface area contributed by atoms with Gasteiger partial charge in [-0.3, -0.25) is 0 Å². The molecule has 0 atom stereocenters. The van der Waals surface area contributed by atoms with Gasteiger partial charge in [-0.15, -0.1) is 0 Å². The zero-order valence-corrected chi connectivity index (χ0v) is 32.1. The Kier molecular flexibility index (Phi) is 23.3. The first kappa shape index (κ1) is 42.7. The molecule has 1 aliphatic heterocycles. The molecule has 0 radical (unpaired) electrons. The van der Waals surface area contributed by atoms with Crippen molar-refractivity contribution in [3.8, 4) is 17.2 Å². The van der Waals surface area contributed by atoms with Gasteiger partial charge < -0.3 is 37.6 Å². The maximum Gasteiger partial charge on any atom is 0.163 e. The molecule has 1 heterocycles. The van der Waals surface area contributed by atoms with Crippen LogP contribution in [-0.4, -0.2) is 105 Å². The van der Waals surface area contributed by atoms with E-state index in [1.54, 1.807) is 0 Å². The average Bonchev–Trinajstić information content (AvgIpc) is 3.12. The van der Waals surface area contributed by atoms with E-state index in [1.165, 1.54) is 90.0 Å². The number of fused-ring (bicyclic) bond motifs is 1. The smallest absolute Gasteiger partial charge is 0.163 e. The molecule has 51 heavy (non-hydrogen) atoms. The van der Waals surface area contributed by atoms with Crippen molar-refractivity contribution in [1.82, 2.24) is 0 Å². The van der Waals surface area contributed by atoms with Crippen molar-refractivity contribution in [3.05, 3.63) is 42.5 Å². The SMILES string of the molecule is C[N+](C)(C)CCCCCCCCCCCCCCCCOc1ccc(N=Nc2ccc3c(c2)OCCOCCOCCOCCOCCO3)cc1. The van der Waals surface area contributed by atoms with E-state index in [0.29, 0.717) is 83.3 Å². The molecule has 0 amide bonds. The molecule has 0 saturated heterocycles. The third-order valence-electron chi connectivity index (χ3n) is 8.62. The second kappa shape index (κ2) is 27.8. The molecule has 3 rings (SSSR count). The van der Waals surface area contributed by atoms with E-state index in [2.05, 4.69) is 31.4 Å². The van der Waals surface area contributed by atoms with E-state index in [1.807, 2.05) is 42.5 Å². The van der Waals surface area contributed by atoms with Crippen LogP contribution in [0.4, 0.5) is 11.4 Å². The minimum Gasteiger partial charge on any atom is -0.494 e. The second-order valence-electron chi connectivity index (χ2n) is 14.3. The highest BCUT2D eigenvalue weighted by molar-refractivity contribution is 5.52. The van der Waals surface area contributed by atoms with Crippen molar-refractivity contribution < 1.29 is 37.6 Å². The third-order valence-corrected chi connectivity index (χ3v) is 8.62. The van der Waals surface area contributed by atoms with E-state index in [0.717, 1.165) is 28.9 Å². The molecule has 288 valence electrons. The maximum atomic E-state index is 5.98. The van der Waals surface area contributed by atoms with E-state index < -0.39 is 0 Å². The molecule has 2 aromatic carbocycles. The van der Waals surface area contributed by atoms with Crippen molar-refractivity contribution in [2.45, 2.75) is 89.9 Å². The summed E-state index contributed by atoms with van der Waals surface area (Å²) in [7, 11) is 6.86. The van der Waals surface area contributed by atoms with Crippen molar-refractivity contribution in [2.24, 2.45) is 10.2 Å². The van der Waals surface area contributed by atoms with Gasteiger partial charge in [-0.1, -0.05) is 70.6 Å². The van der Waals surface area contributed by atoms with Gasteiger partial charge in [0.2, 0.25) is 0 Å². The first-order chi connectivity index (χ1) is 25.0. The molecule has 0 aliphatic carbocycles. The molecule has 10 heteroatoms.